The summed E-state index contributed by atoms with van der Waals surface area (Å²) in [5, 5.41) is 6.21. The molecule has 134 valence electrons. The minimum atomic E-state index is -0.924. The largest absolute Gasteiger partial charge is 0.352 e. The molecule has 0 amide bonds. The second-order valence-corrected chi connectivity index (χ2v) is 5.88. The van der Waals surface area contributed by atoms with Crippen LogP contribution in [0.15, 0.2) is 48.7 Å². The van der Waals surface area contributed by atoms with E-state index in [-0.39, 0.29) is 6.04 Å². The lowest BCUT2D eigenvalue weighted by Crippen LogP contribution is -2.16. The van der Waals surface area contributed by atoms with Crippen molar-refractivity contribution in [3.63, 3.8) is 0 Å². The molecule has 5 nitrogen and oxygen atoms in total. The van der Waals surface area contributed by atoms with E-state index in [4.69, 9.17) is 0 Å². The van der Waals surface area contributed by atoms with E-state index in [2.05, 4.69) is 32.5 Å². The van der Waals surface area contributed by atoms with E-state index >= 15 is 0 Å². The van der Waals surface area contributed by atoms with Crippen LogP contribution in [0, 0.1) is 11.6 Å². The Bertz CT molecular complexity index is 886. The SMILES string of the molecule is CC[C@H](C)Nc1nc(Nc2ccc(F)c(F)c2)cc(-c2ccccn2)n1. The highest BCUT2D eigenvalue weighted by Gasteiger charge is 2.10. The van der Waals surface area contributed by atoms with Gasteiger partial charge in [0.2, 0.25) is 5.95 Å². The molecule has 0 aliphatic heterocycles. The van der Waals surface area contributed by atoms with Crippen LogP contribution in [0.2, 0.25) is 0 Å². The van der Waals surface area contributed by atoms with Gasteiger partial charge in [-0.3, -0.25) is 4.98 Å². The Labute approximate surface area is 150 Å². The van der Waals surface area contributed by atoms with Crippen molar-refractivity contribution in [1.29, 1.82) is 0 Å². The summed E-state index contributed by atoms with van der Waals surface area (Å²) in [4.78, 5) is 13.2. The molecule has 0 fully saturated rings. The molecule has 0 unspecified atom stereocenters. The van der Waals surface area contributed by atoms with Crippen molar-refractivity contribution in [2.24, 2.45) is 0 Å². The van der Waals surface area contributed by atoms with Gasteiger partial charge in [0.15, 0.2) is 11.6 Å². The van der Waals surface area contributed by atoms with Gasteiger partial charge in [-0.1, -0.05) is 13.0 Å². The van der Waals surface area contributed by atoms with Crippen LogP contribution in [0.1, 0.15) is 20.3 Å². The molecule has 3 rings (SSSR count). The first-order chi connectivity index (χ1) is 12.5. The van der Waals surface area contributed by atoms with Crippen molar-refractivity contribution in [3.8, 4) is 11.4 Å². The Kier molecular flexibility index (Phi) is 5.36. The van der Waals surface area contributed by atoms with E-state index in [1.165, 1.54) is 6.07 Å². The fourth-order valence-corrected chi connectivity index (χ4v) is 2.27. The van der Waals surface area contributed by atoms with Gasteiger partial charge >= 0.3 is 0 Å². The average molecular weight is 355 g/mol. The average Bonchev–Trinajstić information content (AvgIpc) is 2.65. The van der Waals surface area contributed by atoms with Gasteiger partial charge in [-0.2, -0.15) is 4.98 Å². The third-order valence-electron chi connectivity index (χ3n) is 3.83. The van der Waals surface area contributed by atoms with Gasteiger partial charge in [0.1, 0.15) is 5.82 Å². The molecular weight excluding hydrogens is 336 g/mol. The fraction of sp³-hybridized carbons (Fsp3) is 0.211. The predicted octanol–water partition coefficient (Wildman–Crippen LogP) is 4.77. The Balaban J connectivity index is 1.97. The van der Waals surface area contributed by atoms with Crippen molar-refractivity contribution in [1.82, 2.24) is 15.0 Å². The van der Waals surface area contributed by atoms with Gasteiger partial charge in [-0.05, 0) is 37.6 Å². The summed E-state index contributed by atoms with van der Waals surface area (Å²) < 4.78 is 26.6. The summed E-state index contributed by atoms with van der Waals surface area (Å²) in [6.45, 7) is 4.08. The smallest absolute Gasteiger partial charge is 0.225 e. The summed E-state index contributed by atoms with van der Waals surface area (Å²) in [6, 6.07) is 11.0. The number of nitrogens with zero attached hydrogens (tertiary/aromatic N) is 3. The number of rotatable bonds is 6. The van der Waals surface area contributed by atoms with Gasteiger partial charge in [0, 0.05) is 30.1 Å². The van der Waals surface area contributed by atoms with Gasteiger partial charge in [-0.25, -0.2) is 13.8 Å². The molecule has 7 heteroatoms. The summed E-state index contributed by atoms with van der Waals surface area (Å²) in [7, 11) is 0. The Morgan fingerprint density at radius 1 is 1.00 bits per heavy atom. The molecule has 0 aliphatic rings. The van der Waals surface area contributed by atoms with Crippen LogP contribution >= 0.6 is 0 Å². The van der Waals surface area contributed by atoms with Crippen LogP contribution in [-0.2, 0) is 0 Å². The van der Waals surface area contributed by atoms with E-state index in [9.17, 15) is 8.78 Å². The van der Waals surface area contributed by atoms with E-state index in [0.29, 0.717) is 28.8 Å². The highest BCUT2D eigenvalue weighted by molar-refractivity contribution is 5.65. The normalized spacial score (nSPS) is 11.8. The molecular formula is C19H19F2N5. The molecule has 0 saturated heterocycles. The third-order valence-corrected chi connectivity index (χ3v) is 3.83. The Hall–Kier alpha value is -3.09. The number of hydrogen-bond donors (Lipinski definition) is 2. The number of halogens is 2. The minimum Gasteiger partial charge on any atom is -0.352 e. The zero-order valence-corrected chi connectivity index (χ0v) is 14.5. The van der Waals surface area contributed by atoms with E-state index in [0.717, 1.165) is 18.6 Å². The fourth-order valence-electron chi connectivity index (χ4n) is 2.27. The molecule has 2 N–H and O–H groups in total. The van der Waals surface area contributed by atoms with Gasteiger partial charge in [0.05, 0.1) is 11.4 Å². The zero-order chi connectivity index (χ0) is 18.5. The number of benzene rings is 1. The maximum Gasteiger partial charge on any atom is 0.225 e. The van der Waals surface area contributed by atoms with Crippen LogP contribution in [-0.4, -0.2) is 21.0 Å². The number of anilines is 3. The molecule has 3 aromatic rings. The summed E-state index contributed by atoms with van der Waals surface area (Å²) in [5.74, 6) is -0.927. The second kappa shape index (κ2) is 7.86. The van der Waals surface area contributed by atoms with Gasteiger partial charge < -0.3 is 10.6 Å². The molecule has 0 bridgehead atoms. The molecule has 2 heterocycles. The monoisotopic (exact) mass is 355 g/mol. The van der Waals surface area contributed by atoms with Crippen molar-refractivity contribution in [2.45, 2.75) is 26.3 Å². The van der Waals surface area contributed by atoms with E-state index < -0.39 is 11.6 Å². The number of pyridine rings is 1. The predicted molar refractivity (Wildman–Crippen MR) is 98.3 cm³/mol. The van der Waals surface area contributed by atoms with Crippen LogP contribution in [0.5, 0.6) is 0 Å². The zero-order valence-electron chi connectivity index (χ0n) is 14.5. The Morgan fingerprint density at radius 3 is 2.54 bits per heavy atom. The molecule has 0 aliphatic carbocycles. The van der Waals surface area contributed by atoms with Crippen molar-refractivity contribution >= 4 is 17.5 Å². The molecule has 0 radical (unpaired) electrons. The first-order valence-electron chi connectivity index (χ1n) is 8.34. The summed E-state index contributed by atoms with van der Waals surface area (Å²) >= 11 is 0. The molecule has 26 heavy (non-hydrogen) atoms. The van der Waals surface area contributed by atoms with Crippen molar-refractivity contribution in [3.05, 3.63) is 60.3 Å². The lowest BCUT2D eigenvalue weighted by atomic mass is 10.2. The highest BCUT2D eigenvalue weighted by Crippen LogP contribution is 2.23. The third kappa shape index (κ3) is 4.30. The topological polar surface area (TPSA) is 62.7 Å². The van der Waals surface area contributed by atoms with E-state index in [1.807, 2.05) is 25.1 Å². The van der Waals surface area contributed by atoms with Gasteiger partial charge in [0.25, 0.3) is 0 Å². The standard InChI is InChI=1S/C19H19F2N5/c1-3-12(2)23-19-25-17(16-6-4-5-9-22-16)11-18(26-19)24-13-7-8-14(20)15(21)10-13/h4-12H,3H2,1-2H3,(H2,23,24,25,26)/t12-/m0/s1. The molecule has 0 spiro atoms. The number of aromatic nitrogens is 3. The molecule has 1 aromatic carbocycles. The van der Waals surface area contributed by atoms with Crippen LogP contribution in [0.25, 0.3) is 11.4 Å². The lowest BCUT2D eigenvalue weighted by molar-refractivity contribution is 0.509. The maximum atomic E-state index is 13.5. The minimum absolute atomic E-state index is 0.185. The Morgan fingerprint density at radius 2 is 1.85 bits per heavy atom. The van der Waals surface area contributed by atoms with Gasteiger partial charge in [-0.15, -0.1) is 0 Å². The number of nitrogens with one attached hydrogen (secondary N) is 2. The van der Waals surface area contributed by atoms with E-state index in [1.54, 1.807) is 12.3 Å². The van der Waals surface area contributed by atoms with Crippen LogP contribution < -0.4 is 10.6 Å². The maximum absolute atomic E-state index is 13.5. The first-order valence-corrected chi connectivity index (χ1v) is 8.34. The second-order valence-electron chi connectivity index (χ2n) is 5.88. The number of hydrogen-bond acceptors (Lipinski definition) is 5. The summed E-state index contributed by atoms with van der Waals surface area (Å²) in [5.41, 5.74) is 1.70. The molecule has 0 saturated carbocycles. The molecule has 1 atom stereocenters. The highest BCUT2D eigenvalue weighted by atomic mass is 19.2. The quantitative estimate of drug-likeness (QED) is 0.667. The van der Waals surface area contributed by atoms with Crippen LogP contribution in [0.4, 0.5) is 26.2 Å². The van der Waals surface area contributed by atoms with Crippen molar-refractivity contribution in [2.75, 3.05) is 10.6 Å². The molecule has 2 aromatic heterocycles. The summed E-state index contributed by atoms with van der Waals surface area (Å²) in [6.07, 6.45) is 2.59. The van der Waals surface area contributed by atoms with Crippen LogP contribution in [0.3, 0.4) is 0 Å². The lowest BCUT2D eigenvalue weighted by Gasteiger charge is -2.14. The first kappa shape index (κ1) is 17.7. The van der Waals surface area contributed by atoms with Crippen molar-refractivity contribution < 1.29 is 8.78 Å².